The normalized spacial score (nSPS) is 18.1. The van der Waals surface area contributed by atoms with E-state index in [4.69, 9.17) is 10.5 Å². The summed E-state index contributed by atoms with van der Waals surface area (Å²) >= 11 is 0. The second-order valence-electron chi connectivity index (χ2n) is 11.3. The van der Waals surface area contributed by atoms with Gasteiger partial charge in [0, 0.05) is 44.4 Å². The van der Waals surface area contributed by atoms with Crippen molar-refractivity contribution >= 4 is 6.09 Å². The molecule has 0 spiro atoms. The first-order valence-electron chi connectivity index (χ1n) is 13.7. The largest absolute Gasteiger partial charge is 0.444 e. The Morgan fingerprint density at radius 3 is 1.81 bits per heavy atom. The molecule has 4 rings (SSSR count). The van der Waals surface area contributed by atoms with Gasteiger partial charge in [-0.05, 0) is 114 Å². The molecule has 0 unspecified atom stereocenters. The highest BCUT2D eigenvalue weighted by atomic mass is 16.6. The van der Waals surface area contributed by atoms with Crippen molar-refractivity contribution in [1.82, 2.24) is 25.1 Å². The number of nitrogens with zero attached hydrogens (tertiary/aromatic N) is 4. The fraction of sp³-hybridized carbons (Fsp3) is 0.621. The molecule has 0 bridgehead atoms. The van der Waals surface area contributed by atoms with Gasteiger partial charge in [-0.15, -0.1) is 0 Å². The van der Waals surface area contributed by atoms with Crippen LogP contribution in [0, 0.1) is 11.8 Å². The summed E-state index contributed by atoms with van der Waals surface area (Å²) in [6.45, 7) is 13.7. The van der Waals surface area contributed by atoms with Gasteiger partial charge in [0.05, 0.1) is 0 Å². The van der Waals surface area contributed by atoms with E-state index in [0.29, 0.717) is 12.5 Å². The van der Waals surface area contributed by atoms with Gasteiger partial charge in [-0.3, -0.25) is 19.8 Å². The van der Waals surface area contributed by atoms with Crippen LogP contribution in [0.1, 0.15) is 57.6 Å². The van der Waals surface area contributed by atoms with Gasteiger partial charge in [0.15, 0.2) is 0 Å². The van der Waals surface area contributed by atoms with E-state index in [1.165, 1.54) is 37.1 Å². The zero-order valence-electron chi connectivity index (χ0n) is 22.9. The number of carbonyl (C=O) groups excluding carboxylic acids is 1. The van der Waals surface area contributed by atoms with E-state index in [1.54, 1.807) is 6.20 Å². The predicted molar refractivity (Wildman–Crippen MR) is 148 cm³/mol. The summed E-state index contributed by atoms with van der Waals surface area (Å²) in [4.78, 5) is 24.9. The van der Waals surface area contributed by atoms with E-state index in [0.717, 1.165) is 51.5 Å². The van der Waals surface area contributed by atoms with Gasteiger partial charge in [0.25, 0.3) is 0 Å². The van der Waals surface area contributed by atoms with Crippen LogP contribution in [0.25, 0.3) is 0 Å². The summed E-state index contributed by atoms with van der Waals surface area (Å²) in [5.41, 5.74) is 7.81. The van der Waals surface area contributed by atoms with Crippen LogP contribution in [-0.2, 0) is 17.8 Å². The number of ether oxygens (including phenoxy) is 1. The van der Waals surface area contributed by atoms with Crippen LogP contribution in [0.5, 0.6) is 0 Å². The Hall–Kier alpha value is -2.55. The van der Waals surface area contributed by atoms with Crippen LogP contribution in [0.4, 0.5) is 4.79 Å². The molecule has 0 aromatic carbocycles. The fourth-order valence-electron chi connectivity index (χ4n) is 4.77. The molecule has 2 fully saturated rings. The van der Waals surface area contributed by atoms with E-state index < -0.39 is 5.60 Å². The Bertz CT molecular complexity index is 890. The number of hydrogen-bond acceptors (Lipinski definition) is 7. The van der Waals surface area contributed by atoms with Crippen molar-refractivity contribution < 1.29 is 9.53 Å². The lowest BCUT2D eigenvalue weighted by molar-refractivity contribution is 0.0509. The molecule has 8 nitrogen and oxygen atoms in total. The number of likely N-dealkylation sites (tertiary alicyclic amines) is 2. The van der Waals surface area contributed by atoms with E-state index in [2.05, 4.69) is 37.2 Å². The molecule has 2 aliphatic heterocycles. The number of nitrogens with two attached hydrogens (primary N) is 1. The average Bonchev–Trinajstić information content (AvgIpc) is 2.89. The van der Waals surface area contributed by atoms with E-state index >= 15 is 0 Å². The molecule has 2 aromatic rings. The molecular weight excluding hydrogens is 464 g/mol. The lowest BCUT2D eigenvalue weighted by Gasteiger charge is -2.32. The molecule has 0 atom stereocenters. The first-order chi connectivity index (χ1) is 17.8. The van der Waals surface area contributed by atoms with Gasteiger partial charge in [0.1, 0.15) is 5.60 Å². The zero-order valence-corrected chi connectivity index (χ0v) is 22.9. The highest BCUT2D eigenvalue weighted by Crippen LogP contribution is 2.19. The van der Waals surface area contributed by atoms with Gasteiger partial charge in [-0.2, -0.15) is 0 Å². The number of alkyl carbamates (subject to hydrolysis) is 1. The topological polar surface area (TPSA) is 96.6 Å². The Kier molecular flexibility index (Phi) is 11.8. The summed E-state index contributed by atoms with van der Waals surface area (Å²) in [5.74, 6) is 1.29. The Morgan fingerprint density at radius 1 is 0.919 bits per heavy atom. The highest BCUT2D eigenvalue weighted by Gasteiger charge is 2.22. The number of rotatable bonds is 7. The summed E-state index contributed by atoms with van der Waals surface area (Å²) in [5, 5.41) is 2.88. The van der Waals surface area contributed by atoms with Crippen molar-refractivity contribution in [1.29, 1.82) is 0 Å². The second kappa shape index (κ2) is 15.0. The summed E-state index contributed by atoms with van der Waals surface area (Å²) in [7, 11) is 0. The van der Waals surface area contributed by atoms with Crippen molar-refractivity contribution in [2.45, 2.75) is 65.1 Å². The quantitative estimate of drug-likeness (QED) is 0.580. The first kappa shape index (κ1) is 29.0. The Labute approximate surface area is 223 Å². The number of pyridine rings is 2. The molecule has 2 saturated heterocycles. The monoisotopic (exact) mass is 510 g/mol. The smallest absolute Gasteiger partial charge is 0.407 e. The van der Waals surface area contributed by atoms with Crippen molar-refractivity contribution in [3.8, 4) is 0 Å². The van der Waals surface area contributed by atoms with Crippen molar-refractivity contribution in [3.63, 3.8) is 0 Å². The SMILES string of the molecule is CC(C)(C)OC(=O)NCC1CCN(Cc2cccnc2)CC1.NCC1CCN(Cc2cccnc2)CC1. The molecule has 4 heterocycles. The summed E-state index contributed by atoms with van der Waals surface area (Å²) in [6, 6.07) is 8.24. The Balaban J connectivity index is 0.000000220. The molecule has 37 heavy (non-hydrogen) atoms. The standard InChI is InChI=1S/C17H27N3O2.C12H19N3/c1-17(2,3)22-16(21)19-12-14-6-9-20(10-7-14)13-15-5-4-8-18-11-15;13-8-11-3-6-15(7-4-11)10-12-2-1-5-14-9-12/h4-5,8,11,14H,6-7,9-10,12-13H2,1-3H3,(H,19,21);1-2,5,9,11H,3-4,6-8,10,13H2. The molecule has 2 aromatic heterocycles. The summed E-state index contributed by atoms with van der Waals surface area (Å²) in [6.07, 6.45) is 11.9. The maximum absolute atomic E-state index is 11.7. The third-order valence-electron chi connectivity index (χ3n) is 6.94. The van der Waals surface area contributed by atoms with Crippen LogP contribution in [-0.4, -0.2) is 70.7 Å². The van der Waals surface area contributed by atoms with E-state index in [1.807, 2.05) is 51.5 Å². The van der Waals surface area contributed by atoms with Gasteiger partial charge < -0.3 is 15.8 Å². The van der Waals surface area contributed by atoms with Crippen molar-refractivity contribution in [2.75, 3.05) is 39.3 Å². The lowest BCUT2D eigenvalue weighted by atomic mass is 9.96. The molecule has 0 radical (unpaired) electrons. The van der Waals surface area contributed by atoms with Crippen LogP contribution in [0.2, 0.25) is 0 Å². The number of amides is 1. The van der Waals surface area contributed by atoms with Crippen LogP contribution >= 0.6 is 0 Å². The minimum absolute atomic E-state index is 0.315. The number of aromatic nitrogens is 2. The molecule has 1 amide bonds. The maximum atomic E-state index is 11.7. The lowest BCUT2D eigenvalue weighted by Crippen LogP contribution is -2.40. The first-order valence-corrected chi connectivity index (χ1v) is 13.7. The molecule has 2 aliphatic rings. The Morgan fingerprint density at radius 2 is 1.41 bits per heavy atom. The van der Waals surface area contributed by atoms with Crippen molar-refractivity contribution in [2.24, 2.45) is 17.6 Å². The minimum Gasteiger partial charge on any atom is -0.444 e. The molecular formula is C29H46N6O2. The van der Waals surface area contributed by atoms with Gasteiger partial charge in [-0.1, -0.05) is 12.1 Å². The zero-order chi connectivity index (χ0) is 26.5. The van der Waals surface area contributed by atoms with E-state index in [9.17, 15) is 4.79 Å². The number of nitrogens with one attached hydrogen (secondary N) is 1. The molecule has 3 N–H and O–H groups in total. The van der Waals surface area contributed by atoms with Crippen LogP contribution < -0.4 is 11.1 Å². The maximum Gasteiger partial charge on any atom is 0.407 e. The second-order valence-corrected chi connectivity index (χ2v) is 11.3. The molecule has 0 aliphatic carbocycles. The van der Waals surface area contributed by atoms with E-state index in [-0.39, 0.29) is 6.09 Å². The van der Waals surface area contributed by atoms with Crippen LogP contribution in [0.3, 0.4) is 0 Å². The fourth-order valence-corrected chi connectivity index (χ4v) is 4.77. The third-order valence-corrected chi connectivity index (χ3v) is 6.94. The van der Waals surface area contributed by atoms with Gasteiger partial charge in [0.2, 0.25) is 0 Å². The molecule has 8 heteroatoms. The van der Waals surface area contributed by atoms with Crippen LogP contribution in [0.15, 0.2) is 49.1 Å². The molecule has 0 saturated carbocycles. The summed E-state index contributed by atoms with van der Waals surface area (Å²) < 4.78 is 5.26. The number of carbonyl (C=O) groups is 1. The van der Waals surface area contributed by atoms with Gasteiger partial charge >= 0.3 is 6.09 Å². The van der Waals surface area contributed by atoms with Crippen molar-refractivity contribution in [3.05, 3.63) is 60.2 Å². The molecule has 204 valence electrons. The van der Waals surface area contributed by atoms with Gasteiger partial charge in [-0.25, -0.2) is 4.79 Å². The third kappa shape index (κ3) is 11.6. The highest BCUT2D eigenvalue weighted by molar-refractivity contribution is 5.67. The minimum atomic E-state index is -0.433. The number of hydrogen-bond donors (Lipinski definition) is 2. The number of piperidine rings is 2. The predicted octanol–water partition coefficient (Wildman–Crippen LogP) is 4.07. The average molecular weight is 511 g/mol.